The van der Waals surface area contributed by atoms with E-state index in [1.54, 1.807) is 4.90 Å². The molecule has 0 spiro atoms. The first-order valence-electron chi connectivity index (χ1n) is 7.57. The van der Waals surface area contributed by atoms with Gasteiger partial charge >= 0.3 is 5.97 Å². The monoisotopic (exact) mass is 306 g/mol. The van der Waals surface area contributed by atoms with Crippen LogP contribution in [0.4, 0.5) is 5.69 Å². The predicted octanol–water partition coefficient (Wildman–Crippen LogP) is 1.60. The maximum absolute atomic E-state index is 11.9. The van der Waals surface area contributed by atoms with Crippen molar-refractivity contribution in [1.82, 2.24) is 4.90 Å². The van der Waals surface area contributed by atoms with Crippen LogP contribution < -0.4 is 9.64 Å². The van der Waals surface area contributed by atoms with E-state index in [1.165, 1.54) is 0 Å². The number of rotatable bonds is 6. The zero-order chi connectivity index (χ0) is 15.9. The maximum atomic E-state index is 11.9. The Morgan fingerprint density at radius 2 is 1.73 bits per heavy atom. The Hall–Kier alpha value is -2.24. The number of carbonyl (C=O) groups is 2. The van der Waals surface area contributed by atoms with Crippen LogP contribution >= 0.6 is 0 Å². The van der Waals surface area contributed by atoms with Gasteiger partial charge in [0.25, 0.3) is 0 Å². The Kier molecular flexibility index (Phi) is 5.63. The van der Waals surface area contributed by atoms with Crippen LogP contribution in [0.1, 0.15) is 19.8 Å². The highest BCUT2D eigenvalue weighted by molar-refractivity contribution is 5.81. The Morgan fingerprint density at radius 1 is 1.09 bits per heavy atom. The molecule has 1 aliphatic heterocycles. The molecule has 0 saturated carbocycles. The summed E-state index contributed by atoms with van der Waals surface area (Å²) in [5, 5.41) is 8.62. The van der Waals surface area contributed by atoms with Gasteiger partial charge in [-0.25, -0.2) is 0 Å². The van der Waals surface area contributed by atoms with Gasteiger partial charge < -0.3 is 19.6 Å². The summed E-state index contributed by atoms with van der Waals surface area (Å²) in [4.78, 5) is 26.4. The summed E-state index contributed by atoms with van der Waals surface area (Å²) in [6, 6.07) is 7.94. The van der Waals surface area contributed by atoms with Crippen LogP contribution in [0, 0.1) is 0 Å². The van der Waals surface area contributed by atoms with Gasteiger partial charge in [0.15, 0.2) is 0 Å². The highest BCUT2D eigenvalue weighted by Gasteiger charge is 2.21. The lowest BCUT2D eigenvalue weighted by Gasteiger charge is -2.36. The van der Waals surface area contributed by atoms with Crippen molar-refractivity contribution >= 4 is 17.6 Å². The standard InChI is InChI=1S/C16H22N2O4/c1-2-22-14-5-3-13(4-6-14)17-9-11-18(12-10-17)15(19)7-8-16(20)21/h3-6H,2,7-12H2,1H3,(H,20,21). The van der Waals surface area contributed by atoms with Crippen molar-refractivity contribution in [3.63, 3.8) is 0 Å². The third-order valence-corrected chi connectivity index (χ3v) is 3.70. The lowest BCUT2D eigenvalue weighted by Crippen LogP contribution is -2.48. The molecule has 1 fully saturated rings. The fourth-order valence-corrected chi connectivity index (χ4v) is 2.51. The Bertz CT molecular complexity index is 507. The number of ether oxygens (including phenoxy) is 1. The first-order valence-corrected chi connectivity index (χ1v) is 7.57. The van der Waals surface area contributed by atoms with Crippen molar-refractivity contribution in [2.24, 2.45) is 0 Å². The fraction of sp³-hybridized carbons (Fsp3) is 0.500. The van der Waals surface area contributed by atoms with E-state index in [4.69, 9.17) is 9.84 Å². The Morgan fingerprint density at radius 3 is 2.27 bits per heavy atom. The van der Waals surface area contributed by atoms with E-state index in [2.05, 4.69) is 4.90 Å². The number of carboxylic acid groups (broad SMARTS) is 1. The smallest absolute Gasteiger partial charge is 0.303 e. The molecule has 0 atom stereocenters. The van der Waals surface area contributed by atoms with Crippen LogP contribution in [-0.4, -0.2) is 54.7 Å². The molecule has 1 aromatic carbocycles. The average Bonchev–Trinajstić information content (AvgIpc) is 2.54. The number of carboxylic acids is 1. The summed E-state index contributed by atoms with van der Waals surface area (Å²) in [6.07, 6.45) is -0.0175. The van der Waals surface area contributed by atoms with Gasteiger partial charge in [0.05, 0.1) is 13.0 Å². The van der Waals surface area contributed by atoms with Gasteiger partial charge in [-0.15, -0.1) is 0 Å². The van der Waals surface area contributed by atoms with Crippen molar-refractivity contribution in [3.05, 3.63) is 24.3 Å². The van der Waals surface area contributed by atoms with Gasteiger partial charge in [-0.05, 0) is 31.2 Å². The molecule has 22 heavy (non-hydrogen) atoms. The molecular formula is C16H22N2O4. The van der Waals surface area contributed by atoms with Crippen molar-refractivity contribution in [2.75, 3.05) is 37.7 Å². The number of hydrogen-bond donors (Lipinski definition) is 1. The lowest BCUT2D eigenvalue weighted by atomic mass is 10.2. The third kappa shape index (κ3) is 4.38. The number of piperazine rings is 1. The first-order chi connectivity index (χ1) is 10.6. The molecule has 1 aromatic rings. The molecule has 0 radical (unpaired) electrons. The molecular weight excluding hydrogens is 284 g/mol. The van der Waals surface area contributed by atoms with Gasteiger partial charge in [-0.1, -0.05) is 0 Å². The molecule has 0 unspecified atom stereocenters. The van der Waals surface area contributed by atoms with Gasteiger partial charge in [-0.2, -0.15) is 0 Å². The van der Waals surface area contributed by atoms with Gasteiger partial charge in [0, 0.05) is 38.3 Å². The van der Waals surface area contributed by atoms with Crippen molar-refractivity contribution in [1.29, 1.82) is 0 Å². The number of benzene rings is 1. The first kappa shape index (κ1) is 16.1. The molecule has 0 aromatic heterocycles. The number of anilines is 1. The minimum absolute atomic E-state index is 0.0752. The van der Waals surface area contributed by atoms with Gasteiger partial charge in [0.2, 0.25) is 5.91 Å². The second-order valence-corrected chi connectivity index (χ2v) is 5.19. The molecule has 2 rings (SSSR count). The minimum Gasteiger partial charge on any atom is -0.494 e. The second kappa shape index (κ2) is 7.68. The summed E-state index contributed by atoms with van der Waals surface area (Å²) < 4.78 is 5.42. The third-order valence-electron chi connectivity index (χ3n) is 3.70. The van der Waals surface area contributed by atoms with E-state index in [-0.39, 0.29) is 18.7 Å². The molecule has 1 amide bonds. The van der Waals surface area contributed by atoms with Crippen LogP contribution in [-0.2, 0) is 9.59 Å². The van der Waals surface area contributed by atoms with Crippen LogP contribution in [0.3, 0.4) is 0 Å². The zero-order valence-corrected chi connectivity index (χ0v) is 12.8. The number of hydrogen-bond acceptors (Lipinski definition) is 4. The number of nitrogens with zero attached hydrogens (tertiary/aromatic N) is 2. The van der Waals surface area contributed by atoms with Gasteiger partial charge in [-0.3, -0.25) is 9.59 Å². The molecule has 0 aliphatic carbocycles. The highest BCUT2D eigenvalue weighted by atomic mass is 16.5. The van der Waals surface area contributed by atoms with Crippen LogP contribution in [0.25, 0.3) is 0 Å². The average molecular weight is 306 g/mol. The molecule has 0 bridgehead atoms. The summed E-state index contributed by atoms with van der Waals surface area (Å²) in [7, 11) is 0. The summed E-state index contributed by atoms with van der Waals surface area (Å²) in [6.45, 7) is 5.38. The summed E-state index contributed by atoms with van der Waals surface area (Å²) in [5.74, 6) is -0.149. The van der Waals surface area contributed by atoms with E-state index in [1.807, 2.05) is 31.2 Å². The zero-order valence-electron chi connectivity index (χ0n) is 12.8. The van der Waals surface area contributed by atoms with Crippen LogP contribution in [0.15, 0.2) is 24.3 Å². The largest absolute Gasteiger partial charge is 0.494 e. The number of amides is 1. The van der Waals surface area contributed by atoms with E-state index >= 15 is 0 Å². The minimum atomic E-state index is -0.929. The van der Waals surface area contributed by atoms with E-state index in [0.29, 0.717) is 19.7 Å². The van der Waals surface area contributed by atoms with E-state index in [0.717, 1.165) is 24.5 Å². The molecule has 1 saturated heterocycles. The van der Waals surface area contributed by atoms with Crippen molar-refractivity contribution in [2.45, 2.75) is 19.8 Å². The van der Waals surface area contributed by atoms with E-state index in [9.17, 15) is 9.59 Å². The van der Waals surface area contributed by atoms with Crippen molar-refractivity contribution in [3.8, 4) is 5.75 Å². The molecule has 1 heterocycles. The van der Waals surface area contributed by atoms with Gasteiger partial charge in [0.1, 0.15) is 5.75 Å². The summed E-state index contributed by atoms with van der Waals surface area (Å²) in [5.41, 5.74) is 1.11. The van der Waals surface area contributed by atoms with Crippen LogP contribution in [0.5, 0.6) is 5.75 Å². The maximum Gasteiger partial charge on any atom is 0.303 e. The fourth-order valence-electron chi connectivity index (χ4n) is 2.51. The predicted molar refractivity (Wildman–Crippen MR) is 83.3 cm³/mol. The Balaban J connectivity index is 1.83. The number of carbonyl (C=O) groups excluding carboxylic acids is 1. The Labute approximate surface area is 130 Å². The topological polar surface area (TPSA) is 70.1 Å². The lowest BCUT2D eigenvalue weighted by molar-refractivity contribution is -0.141. The summed E-state index contributed by atoms with van der Waals surface area (Å²) >= 11 is 0. The SMILES string of the molecule is CCOc1ccc(N2CCN(C(=O)CCC(=O)O)CC2)cc1. The number of aliphatic carboxylic acids is 1. The van der Waals surface area contributed by atoms with Crippen molar-refractivity contribution < 1.29 is 19.4 Å². The second-order valence-electron chi connectivity index (χ2n) is 5.19. The molecule has 6 heteroatoms. The quantitative estimate of drug-likeness (QED) is 0.864. The molecule has 120 valence electrons. The molecule has 6 nitrogen and oxygen atoms in total. The molecule has 1 N–H and O–H groups in total. The molecule has 1 aliphatic rings. The normalized spacial score (nSPS) is 14.8. The highest BCUT2D eigenvalue weighted by Crippen LogP contribution is 2.21. The van der Waals surface area contributed by atoms with E-state index < -0.39 is 5.97 Å². The van der Waals surface area contributed by atoms with Crippen LogP contribution in [0.2, 0.25) is 0 Å².